The lowest BCUT2D eigenvalue weighted by Gasteiger charge is -2.36. The number of nitrogens with zero attached hydrogens (tertiary/aromatic N) is 4. The van der Waals surface area contributed by atoms with E-state index < -0.39 is 17.5 Å². The third-order valence-electron chi connectivity index (χ3n) is 4.10. The van der Waals surface area contributed by atoms with E-state index in [1.165, 1.54) is 0 Å². The zero-order valence-corrected chi connectivity index (χ0v) is 14.9. The molecule has 2 aromatic rings. The molecule has 6 nitrogen and oxygen atoms in total. The molecule has 0 bridgehead atoms. The van der Waals surface area contributed by atoms with E-state index in [1.54, 1.807) is 6.92 Å². The van der Waals surface area contributed by atoms with Crippen LogP contribution in [0.5, 0.6) is 5.75 Å². The summed E-state index contributed by atoms with van der Waals surface area (Å²) in [6.45, 7) is 4.57. The van der Waals surface area contributed by atoms with Gasteiger partial charge in [0.05, 0.1) is 30.5 Å². The maximum atomic E-state index is 12.7. The predicted octanol–water partition coefficient (Wildman–Crippen LogP) is 3.05. The lowest BCUT2D eigenvalue weighted by molar-refractivity contribution is -0.137. The summed E-state index contributed by atoms with van der Waals surface area (Å²) < 4.78 is 43.6. The third-order valence-corrected chi connectivity index (χ3v) is 4.41. The van der Waals surface area contributed by atoms with Gasteiger partial charge in [0.25, 0.3) is 0 Å². The van der Waals surface area contributed by atoms with Crippen LogP contribution in [0.1, 0.15) is 18.2 Å². The molecule has 0 spiro atoms. The number of aromatic nitrogens is 3. The van der Waals surface area contributed by atoms with Crippen molar-refractivity contribution in [3.63, 3.8) is 0 Å². The fraction of sp³-hybridized carbons (Fsp3) is 0.438. The fourth-order valence-corrected chi connectivity index (χ4v) is 2.95. The normalized spacial score (nSPS) is 21.1. The van der Waals surface area contributed by atoms with E-state index in [0.717, 1.165) is 12.1 Å². The van der Waals surface area contributed by atoms with Crippen LogP contribution in [0.2, 0.25) is 0 Å². The molecular weight excluding hydrogens is 369 g/mol. The number of benzene rings is 1. The van der Waals surface area contributed by atoms with Crippen molar-refractivity contribution in [2.24, 2.45) is 0 Å². The van der Waals surface area contributed by atoms with Gasteiger partial charge < -0.3 is 14.7 Å². The van der Waals surface area contributed by atoms with Crippen molar-refractivity contribution in [1.29, 1.82) is 0 Å². The molecule has 1 saturated heterocycles. The van der Waals surface area contributed by atoms with E-state index in [0.29, 0.717) is 30.9 Å². The maximum absolute atomic E-state index is 12.7. The van der Waals surface area contributed by atoms with Crippen molar-refractivity contribution in [3.8, 4) is 17.0 Å². The molecule has 10 heteroatoms. The first-order chi connectivity index (χ1) is 12.2. The number of ether oxygens (including phenoxy) is 1. The molecule has 1 aromatic carbocycles. The van der Waals surface area contributed by atoms with E-state index in [2.05, 4.69) is 27.8 Å². The summed E-state index contributed by atoms with van der Waals surface area (Å²) in [5, 5.41) is 18.1. The Labute approximate surface area is 153 Å². The number of morpholine rings is 1. The molecule has 3 rings (SSSR count). The average Bonchev–Trinajstić information content (AvgIpc) is 2.56. The summed E-state index contributed by atoms with van der Waals surface area (Å²) in [6.07, 6.45) is -4.53. The van der Waals surface area contributed by atoms with Gasteiger partial charge in [-0.2, -0.15) is 13.2 Å². The number of hydrogen-bond donors (Lipinski definition) is 2. The van der Waals surface area contributed by atoms with Crippen LogP contribution in [0.25, 0.3) is 11.3 Å². The van der Waals surface area contributed by atoms with E-state index in [1.807, 2.05) is 11.8 Å². The van der Waals surface area contributed by atoms with Gasteiger partial charge in [0.2, 0.25) is 5.95 Å². The van der Waals surface area contributed by atoms with Crippen molar-refractivity contribution in [1.82, 2.24) is 15.2 Å². The monoisotopic (exact) mass is 386 g/mol. The van der Waals surface area contributed by atoms with Crippen LogP contribution in [0.15, 0.2) is 18.2 Å². The molecule has 1 aromatic heterocycles. The van der Waals surface area contributed by atoms with Crippen molar-refractivity contribution in [2.45, 2.75) is 31.5 Å². The summed E-state index contributed by atoms with van der Waals surface area (Å²) in [7, 11) is 0. The second-order valence-electron chi connectivity index (χ2n) is 6.06. The second kappa shape index (κ2) is 6.92. The van der Waals surface area contributed by atoms with Crippen LogP contribution < -0.4 is 4.90 Å². The summed E-state index contributed by atoms with van der Waals surface area (Å²) in [6, 6.07) is 2.75. The minimum Gasteiger partial charge on any atom is -0.507 e. The molecule has 0 radical (unpaired) electrons. The average molecular weight is 386 g/mol. The van der Waals surface area contributed by atoms with E-state index >= 15 is 0 Å². The summed E-state index contributed by atoms with van der Waals surface area (Å²) in [4.78, 5) is 6.30. The Balaban J connectivity index is 1.93. The van der Waals surface area contributed by atoms with Crippen LogP contribution in [-0.4, -0.2) is 44.9 Å². The molecule has 0 saturated carbocycles. The van der Waals surface area contributed by atoms with Gasteiger partial charge >= 0.3 is 6.18 Å². The van der Waals surface area contributed by atoms with Crippen molar-refractivity contribution in [2.75, 3.05) is 18.1 Å². The largest absolute Gasteiger partial charge is 0.507 e. The van der Waals surface area contributed by atoms with Crippen molar-refractivity contribution >= 4 is 18.6 Å². The predicted molar refractivity (Wildman–Crippen MR) is 92.2 cm³/mol. The number of rotatable bonds is 2. The van der Waals surface area contributed by atoms with E-state index in [9.17, 15) is 18.3 Å². The van der Waals surface area contributed by atoms with Gasteiger partial charge in [0, 0.05) is 5.56 Å². The fourth-order valence-electron chi connectivity index (χ4n) is 2.69. The molecule has 0 amide bonds. The number of hydrogen-bond acceptors (Lipinski definition) is 7. The Hall–Kier alpha value is -2.07. The lowest BCUT2D eigenvalue weighted by Crippen LogP contribution is -2.47. The highest BCUT2D eigenvalue weighted by molar-refractivity contribution is 7.80. The highest BCUT2D eigenvalue weighted by Gasteiger charge is 2.32. The van der Waals surface area contributed by atoms with Gasteiger partial charge in [-0.05, 0) is 32.0 Å². The van der Waals surface area contributed by atoms with Crippen LogP contribution in [-0.2, 0) is 10.9 Å². The van der Waals surface area contributed by atoms with Crippen LogP contribution in [0.3, 0.4) is 0 Å². The zero-order valence-electron chi connectivity index (χ0n) is 14.0. The first-order valence-corrected chi connectivity index (χ1v) is 8.36. The number of phenolic OH excluding ortho intramolecular Hbond substituents is 1. The minimum atomic E-state index is -4.53. The summed E-state index contributed by atoms with van der Waals surface area (Å²) in [5.41, 5.74) is -0.392. The van der Waals surface area contributed by atoms with Crippen molar-refractivity contribution in [3.05, 3.63) is 29.5 Å². The molecular formula is C16H17F3N4O2S. The number of halogens is 3. The summed E-state index contributed by atoms with van der Waals surface area (Å²) >= 11 is 4.30. The smallest absolute Gasteiger partial charge is 0.416 e. The van der Waals surface area contributed by atoms with Gasteiger partial charge in [0.1, 0.15) is 16.9 Å². The highest BCUT2D eigenvalue weighted by Crippen LogP contribution is 2.36. The first kappa shape index (κ1) is 18.7. The number of aryl methyl sites for hydroxylation is 1. The number of alkyl halides is 3. The Kier molecular flexibility index (Phi) is 4.98. The highest BCUT2D eigenvalue weighted by atomic mass is 32.1. The molecule has 2 atom stereocenters. The Bertz CT molecular complexity index is 819. The van der Waals surface area contributed by atoms with Crippen LogP contribution >= 0.6 is 12.6 Å². The molecule has 140 valence electrons. The Morgan fingerprint density at radius 1 is 1.31 bits per heavy atom. The summed E-state index contributed by atoms with van der Waals surface area (Å²) in [5.74, 6) is -0.144. The molecule has 2 heterocycles. The topological polar surface area (TPSA) is 71.4 Å². The number of phenols is 1. The van der Waals surface area contributed by atoms with E-state index in [-0.39, 0.29) is 22.7 Å². The minimum absolute atomic E-state index is 0.0323. The molecule has 26 heavy (non-hydrogen) atoms. The SMILES string of the molecule is Cc1nc(N2C[C@@H](S)OC[C@H]2C)nnc1-c1ccc(C(F)(F)F)cc1O. The third kappa shape index (κ3) is 3.70. The second-order valence-corrected chi connectivity index (χ2v) is 6.64. The first-order valence-electron chi connectivity index (χ1n) is 7.85. The zero-order chi connectivity index (χ0) is 19.1. The molecule has 0 unspecified atom stereocenters. The molecule has 1 aliphatic heterocycles. The number of aromatic hydroxyl groups is 1. The molecule has 1 N–H and O–H groups in total. The Morgan fingerprint density at radius 3 is 2.65 bits per heavy atom. The maximum Gasteiger partial charge on any atom is 0.416 e. The quantitative estimate of drug-likeness (QED) is 0.773. The van der Waals surface area contributed by atoms with Gasteiger partial charge in [-0.15, -0.1) is 22.8 Å². The molecule has 1 fully saturated rings. The van der Waals surface area contributed by atoms with Gasteiger partial charge in [-0.1, -0.05) is 0 Å². The number of anilines is 1. The van der Waals surface area contributed by atoms with E-state index in [4.69, 9.17) is 4.74 Å². The van der Waals surface area contributed by atoms with Crippen LogP contribution in [0, 0.1) is 6.92 Å². The lowest BCUT2D eigenvalue weighted by atomic mass is 10.1. The molecule has 1 aliphatic rings. The Morgan fingerprint density at radius 2 is 2.04 bits per heavy atom. The standard InChI is InChI=1S/C16H17F3N4O2S/c1-8-7-25-13(26)6-23(8)15-20-9(2)14(21-22-15)11-4-3-10(5-12(11)24)16(17,18)19/h3-5,8,13,24,26H,6-7H2,1-2H3/t8-,13-/m1/s1. The van der Waals surface area contributed by atoms with Crippen LogP contribution in [0.4, 0.5) is 19.1 Å². The number of thiol groups is 1. The molecule has 0 aliphatic carbocycles. The van der Waals surface area contributed by atoms with Gasteiger partial charge in [-0.3, -0.25) is 0 Å². The van der Waals surface area contributed by atoms with Gasteiger partial charge in [-0.25, -0.2) is 4.98 Å². The van der Waals surface area contributed by atoms with Crippen molar-refractivity contribution < 1.29 is 23.0 Å². The van der Waals surface area contributed by atoms with Gasteiger partial charge in [0.15, 0.2) is 0 Å².